The quantitative estimate of drug-likeness (QED) is 0.739. The molecule has 3 aliphatic rings. The van der Waals surface area contributed by atoms with Crippen LogP contribution in [0, 0.1) is 6.92 Å². The predicted molar refractivity (Wildman–Crippen MR) is 106 cm³/mol. The molecule has 8 nitrogen and oxygen atoms in total. The van der Waals surface area contributed by atoms with Crippen LogP contribution in [0.5, 0.6) is 17.2 Å². The third-order valence-electron chi connectivity index (χ3n) is 6.04. The van der Waals surface area contributed by atoms with Gasteiger partial charge in [0.05, 0.1) is 30.9 Å². The summed E-state index contributed by atoms with van der Waals surface area (Å²) in [6, 6.07) is 6.14. The number of methoxy groups -OCH3 is 1. The minimum Gasteiger partial charge on any atom is -0.496 e. The Kier molecular flexibility index (Phi) is 4.41. The van der Waals surface area contributed by atoms with E-state index in [-0.39, 0.29) is 37.8 Å². The van der Waals surface area contributed by atoms with E-state index in [4.69, 9.17) is 14.2 Å². The number of nitrogens with one attached hydrogen (secondary N) is 1. The lowest BCUT2D eigenvalue weighted by molar-refractivity contribution is 0.0629. The molecule has 156 valence electrons. The van der Waals surface area contributed by atoms with Gasteiger partial charge in [0.2, 0.25) is 6.79 Å². The molecule has 5 rings (SSSR count). The van der Waals surface area contributed by atoms with Crippen LogP contribution in [-0.4, -0.2) is 54.9 Å². The van der Waals surface area contributed by atoms with Crippen LogP contribution in [0.25, 0.3) is 0 Å². The number of ether oxygens (including phenoxy) is 3. The summed E-state index contributed by atoms with van der Waals surface area (Å²) >= 11 is 0. The summed E-state index contributed by atoms with van der Waals surface area (Å²) in [4.78, 5) is 27.1. The highest BCUT2D eigenvalue weighted by Gasteiger charge is 2.42. The topological polar surface area (TPSA) is 97.3 Å². The van der Waals surface area contributed by atoms with Gasteiger partial charge in [-0.1, -0.05) is 12.1 Å². The van der Waals surface area contributed by atoms with E-state index in [2.05, 4.69) is 5.32 Å². The van der Waals surface area contributed by atoms with Crippen LogP contribution in [0.1, 0.15) is 43.4 Å². The van der Waals surface area contributed by atoms with E-state index in [1.165, 1.54) is 4.90 Å². The molecule has 0 saturated heterocycles. The van der Waals surface area contributed by atoms with E-state index in [9.17, 15) is 14.7 Å². The molecule has 0 unspecified atom stereocenters. The van der Waals surface area contributed by atoms with Gasteiger partial charge in [-0.15, -0.1) is 0 Å². The Bertz CT molecular complexity index is 1030. The number of rotatable bonds is 4. The highest BCUT2D eigenvalue weighted by molar-refractivity contribution is 6.21. The fourth-order valence-corrected chi connectivity index (χ4v) is 4.72. The van der Waals surface area contributed by atoms with Crippen molar-refractivity contribution in [1.29, 1.82) is 0 Å². The molecule has 2 atom stereocenters. The van der Waals surface area contributed by atoms with Gasteiger partial charge in [0, 0.05) is 29.3 Å². The van der Waals surface area contributed by atoms with Crippen molar-refractivity contribution >= 4 is 11.8 Å². The lowest BCUT2D eigenvalue weighted by Gasteiger charge is -2.36. The lowest BCUT2D eigenvalue weighted by atomic mass is 9.86. The zero-order valence-electron chi connectivity index (χ0n) is 16.7. The zero-order chi connectivity index (χ0) is 21.0. The summed E-state index contributed by atoms with van der Waals surface area (Å²) in [5.41, 5.74) is 3.36. The summed E-state index contributed by atoms with van der Waals surface area (Å²) in [6.45, 7) is 2.02. The number of hydrogen-bond donors (Lipinski definition) is 2. The first-order valence-corrected chi connectivity index (χ1v) is 9.86. The van der Waals surface area contributed by atoms with Gasteiger partial charge < -0.3 is 24.6 Å². The normalized spacial score (nSPS) is 21.6. The Morgan fingerprint density at radius 1 is 1.17 bits per heavy atom. The fraction of sp³-hybridized carbons (Fsp3) is 0.364. The standard InChI is InChI=1S/C22H22N2O6/c1-11-18(28-2)15-7-12(9-25)23-16(17(15)20-19(11)29-10-30-20)8-24-21(26)13-5-3-4-6-14(13)22(24)27/h3-6,12,16,23,25H,7-10H2,1-2H3/t12-,16-/m0/s1. The molecule has 0 fully saturated rings. The molecular weight excluding hydrogens is 388 g/mol. The predicted octanol–water partition coefficient (Wildman–Crippen LogP) is 1.58. The molecule has 2 amide bonds. The molecule has 0 aliphatic carbocycles. The van der Waals surface area contributed by atoms with Gasteiger partial charge in [-0.3, -0.25) is 14.5 Å². The molecule has 3 heterocycles. The highest BCUT2D eigenvalue weighted by atomic mass is 16.7. The van der Waals surface area contributed by atoms with Gasteiger partial charge in [-0.05, 0) is 25.5 Å². The van der Waals surface area contributed by atoms with E-state index < -0.39 is 6.04 Å². The zero-order valence-corrected chi connectivity index (χ0v) is 16.7. The first-order chi connectivity index (χ1) is 14.5. The van der Waals surface area contributed by atoms with E-state index >= 15 is 0 Å². The molecule has 2 aromatic rings. The molecule has 0 radical (unpaired) electrons. The number of benzene rings is 2. The van der Waals surface area contributed by atoms with Crippen LogP contribution >= 0.6 is 0 Å². The van der Waals surface area contributed by atoms with Crippen molar-refractivity contribution in [3.8, 4) is 17.2 Å². The Labute approximate surface area is 173 Å². The van der Waals surface area contributed by atoms with Crippen LogP contribution in [0.2, 0.25) is 0 Å². The Morgan fingerprint density at radius 2 is 1.83 bits per heavy atom. The van der Waals surface area contributed by atoms with Gasteiger partial charge in [0.15, 0.2) is 11.5 Å². The van der Waals surface area contributed by atoms with Crippen molar-refractivity contribution in [3.63, 3.8) is 0 Å². The van der Waals surface area contributed by atoms with Gasteiger partial charge in [-0.25, -0.2) is 0 Å². The second-order valence-corrected chi connectivity index (χ2v) is 7.68. The molecule has 30 heavy (non-hydrogen) atoms. The van der Waals surface area contributed by atoms with Crippen LogP contribution in [0.4, 0.5) is 0 Å². The fourth-order valence-electron chi connectivity index (χ4n) is 4.72. The maximum absolute atomic E-state index is 12.9. The number of carbonyl (C=O) groups excluding carboxylic acids is 2. The maximum Gasteiger partial charge on any atom is 0.261 e. The molecular formula is C22H22N2O6. The third-order valence-corrected chi connectivity index (χ3v) is 6.04. The first kappa shape index (κ1) is 18.9. The number of aliphatic hydroxyl groups is 1. The minimum absolute atomic E-state index is 0.0886. The molecule has 2 aromatic carbocycles. The highest BCUT2D eigenvalue weighted by Crippen LogP contribution is 2.50. The monoisotopic (exact) mass is 410 g/mol. The molecule has 0 spiro atoms. The van der Waals surface area contributed by atoms with Crippen LogP contribution in [0.15, 0.2) is 24.3 Å². The first-order valence-electron chi connectivity index (χ1n) is 9.86. The number of aliphatic hydroxyl groups excluding tert-OH is 1. The molecule has 0 bridgehead atoms. The van der Waals surface area contributed by atoms with Gasteiger partial charge in [-0.2, -0.15) is 0 Å². The summed E-state index contributed by atoms with van der Waals surface area (Å²) in [5.74, 6) is 1.26. The summed E-state index contributed by atoms with van der Waals surface area (Å²) in [5, 5.41) is 13.2. The lowest BCUT2D eigenvalue weighted by Crippen LogP contribution is -2.47. The van der Waals surface area contributed by atoms with Crippen molar-refractivity contribution in [2.24, 2.45) is 0 Å². The third kappa shape index (κ3) is 2.60. The van der Waals surface area contributed by atoms with Gasteiger partial charge in [0.1, 0.15) is 5.75 Å². The van der Waals surface area contributed by atoms with E-state index in [1.54, 1.807) is 31.4 Å². The largest absolute Gasteiger partial charge is 0.496 e. The number of imide groups is 1. The molecule has 0 saturated carbocycles. The SMILES string of the molecule is COc1c(C)c2c(c3c1C[C@@H](CO)N[C@H]3CN1C(=O)c3ccccc3C1=O)OCO2. The summed E-state index contributed by atoms with van der Waals surface area (Å²) in [6.07, 6.45) is 0.533. The van der Waals surface area contributed by atoms with E-state index in [0.29, 0.717) is 34.8 Å². The maximum atomic E-state index is 12.9. The van der Waals surface area contributed by atoms with Gasteiger partial charge >= 0.3 is 0 Å². The average molecular weight is 410 g/mol. The second kappa shape index (κ2) is 7.00. The number of fused-ring (bicyclic) bond motifs is 4. The van der Waals surface area contributed by atoms with Crippen molar-refractivity contribution < 1.29 is 28.9 Å². The van der Waals surface area contributed by atoms with Crippen LogP contribution in [-0.2, 0) is 6.42 Å². The molecule has 0 aromatic heterocycles. The molecule has 3 aliphatic heterocycles. The molecule has 2 N–H and O–H groups in total. The Hall–Kier alpha value is -3.10. The average Bonchev–Trinajstić information content (AvgIpc) is 3.34. The summed E-state index contributed by atoms with van der Waals surface area (Å²) < 4.78 is 17.1. The smallest absolute Gasteiger partial charge is 0.261 e. The van der Waals surface area contributed by atoms with E-state index in [1.807, 2.05) is 6.92 Å². The molecule has 8 heteroatoms. The van der Waals surface area contributed by atoms with Crippen molar-refractivity contribution in [1.82, 2.24) is 10.2 Å². The number of nitrogens with zero attached hydrogens (tertiary/aromatic N) is 1. The van der Waals surface area contributed by atoms with E-state index in [0.717, 1.165) is 16.7 Å². The van der Waals surface area contributed by atoms with Crippen LogP contribution < -0.4 is 19.5 Å². The Morgan fingerprint density at radius 3 is 2.47 bits per heavy atom. The van der Waals surface area contributed by atoms with Crippen molar-refractivity contribution in [2.45, 2.75) is 25.4 Å². The van der Waals surface area contributed by atoms with Crippen LogP contribution in [0.3, 0.4) is 0 Å². The number of hydrogen-bond acceptors (Lipinski definition) is 7. The number of amides is 2. The van der Waals surface area contributed by atoms with Crippen molar-refractivity contribution in [3.05, 3.63) is 52.1 Å². The summed E-state index contributed by atoms with van der Waals surface area (Å²) in [7, 11) is 1.60. The number of carbonyl (C=O) groups is 2. The van der Waals surface area contributed by atoms with Crippen molar-refractivity contribution in [2.75, 3.05) is 27.1 Å². The second-order valence-electron chi connectivity index (χ2n) is 7.68. The van der Waals surface area contributed by atoms with Gasteiger partial charge in [0.25, 0.3) is 11.8 Å². The Balaban J connectivity index is 1.59. The minimum atomic E-state index is -0.432.